The summed E-state index contributed by atoms with van der Waals surface area (Å²) in [4.78, 5) is 12.2. The van der Waals surface area contributed by atoms with Crippen LogP contribution in [0.2, 0.25) is 0 Å². The van der Waals surface area contributed by atoms with E-state index in [1.54, 1.807) is 19.2 Å². The number of carbonyl (C=O) groups is 1. The van der Waals surface area contributed by atoms with Gasteiger partial charge >= 0.3 is 0 Å². The molecule has 0 aromatic heterocycles. The molecule has 0 saturated heterocycles. The van der Waals surface area contributed by atoms with Crippen LogP contribution in [0.4, 0.5) is 0 Å². The van der Waals surface area contributed by atoms with Gasteiger partial charge in [0.15, 0.2) is 11.5 Å². The van der Waals surface area contributed by atoms with Gasteiger partial charge in [0.05, 0.1) is 22.5 Å². The number of hydrazone groups is 1. The second-order valence-electron chi connectivity index (χ2n) is 6.31. The third kappa shape index (κ3) is 6.44. The molecule has 3 aromatic rings. The van der Waals surface area contributed by atoms with Gasteiger partial charge in [-0.3, -0.25) is 4.79 Å². The zero-order valence-electron chi connectivity index (χ0n) is 16.2. The van der Waals surface area contributed by atoms with E-state index in [0.717, 1.165) is 19.2 Å². The summed E-state index contributed by atoms with van der Waals surface area (Å²) in [5.41, 5.74) is 4.28. The zero-order valence-corrected chi connectivity index (χ0v) is 21.6. The summed E-state index contributed by atoms with van der Waals surface area (Å²) in [6, 6.07) is 16.1. The Morgan fingerprint density at radius 1 is 1.13 bits per heavy atom. The molecule has 0 fully saturated rings. The van der Waals surface area contributed by atoms with Crippen LogP contribution >= 0.6 is 54.5 Å². The lowest BCUT2D eigenvalue weighted by atomic mass is 10.2. The van der Waals surface area contributed by atoms with E-state index < -0.39 is 5.91 Å². The number of aromatic hydroxyl groups is 1. The maximum absolute atomic E-state index is 12.2. The fraction of sp³-hybridized carbons (Fsp3) is 0.0909. The molecule has 0 unspecified atom stereocenters. The summed E-state index contributed by atoms with van der Waals surface area (Å²) < 4.78 is 14.0. The van der Waals surface area contributed by atoms with E-state index in [4.69, 9.17) is 9.47 Å². The fourth-order valence-electron chi connectivity index (χ4n) is 2.61. The van der Waals surface area contributed by atoms with Crippen molar-refractivity contribution < 1.29 is 19.4 Å². The average Bonchev–Trinajstić information content (AvgIpc) is 2.75. The minimum absolute atomic E-state index is 0.121. The van der Waals surface area contributed by atoms with Crippen LogP contribution in [0.25, 0.3) is 0 Å². The third-order valence-corrected chi connectivity index (χ3v) is 5.95. The van der Waals surface area contributed by atoms with Crippen LogP contribution in [0.3, 0.4) is 0 Å². The lowest BCUT2D eigenvalue weighted by Crippen LogP contribution is -2.17. The molecule has 0 atom stereocenters. The van der Waals surface area contributed by atoms with Crippen molar-refractivity contribution in [3.63, 3.8) is 0 Å². The Hall–Kier alpha value is -2.11. The Balaban J connectivity index is 1.70. The predicted octanol–water partition coefficient (Wildman–Crippen LogP) is 5.87. The molecule has 9 heteroatoms. The van der Waals surface area contributed by atoms with Crippen LogP contribution < -0.4 is 14.9 Å². The standard InChI is InChI=1S/C22H17Br2IN2O4/c1-30-20-9-14(11-26-27-22(29)17-10-16(24)6-7-19(17)28)8-18(25)21(20)31-12-13-2-4-15(23)5-3-13/h2-11,28H,12H2,1H3,(H,27,29)/b26-11-. The normalized spacial score (nSPS) is 10.8. The van der Waals surface area contributed by atoms with Gasteiger partial charge in [-0.05, 0) is 76.2 Å². The topological polar surface area (TPSA) is 80.2 Å². The van der Waals surface area contributed by atoms with Gasteiger partial charge in [0.1, 0.15) is 12.4 Å². The third-order valence-electron chi connectivity index (χ3n) is 4.13. The monoisotopic (exact) mass is 658 g/mol. The minimum atomic E-state index is -0.522. The molecule has 0 saturated carbocycles. The van der Waals surface area contributed by atoms with Crippen molar-refractivity contribution >= 4 is 66.6 Å². The molecule has 0 bridgehead atoms. The van der Waals surface area contributed by atoms with Crippen molar-refractivity contribution in [3.05, 3.63) is 83.8 Å². The first-order valence-corrected chi connectivity index (χ1v) is 11.6. The maximum atomic E-state index is 12.2. The molecular formula is C22H17Br2IN2O4. The number of phenols is 1. The second-order valence-corrected chi connectivity index (χ2v) is 9.30. The molecule has 1 amide bonds. The minimum Gasteiger partial charge on any atom is -0.507 e. The Kier molecular flexibility index (Phi) is 8.33. The number of nitrogens with zero attached hydrogens (tertiary/aromatic N) is 1. The number of carbonyl (C=O) groups excluding carboxylic acids is 1. The Morgan fingerprint density at radius 3 is 2.55 bits per heavy atom. The van der Waals surface area contributed by atoms with E-state index in [1.165, 1.54) is 18.3 Å². The summed E-state index contributed by atoms with van der Waals surface area (Å²) in [7, 11) is 1.57. The Morgan fingerprint density at radius 2 is 1.84 bits per heavy atom. The first-order valence-electron chi connectivity index (χ1n) is 8.94. The van der Waals surface area contributed by atoms with E-state index in [0.29, 0.717) is 22.6 Å². The predicted molar refractivity (Wildman–Crippen MR) is 135 cm³/mol. The molecule has 0 radical (unpaired) electrons. The van der Waals surface area contributed by atoms with Gasteiger partial charge in [-0.1, -0.05) is 44.0 Å². The van der Waals surface area contributed by atoms with Gasteiger partial charge in [0.2, 0.25) is 0 Å². The van der Waals surface area contributed by atoms with Gasteiger partial charge in [0.25, 0.3) is 5.91 Å². The number of rotatable bonds is 7. The molecule has 160 valence electrons. The van der Waals surface area contributed by atoms with E-state index >= 15 is 0 Å². The smallest absolute Gasteiger partial charge is 0.275 e. The van der Waals surface area contributed by atoms with Crippen molar-refractivity contribution in [2.45, 2.75) is 6.61 Å². The SMILES string of the molecule is COc1cc(/C=N\NC(=O)c2cc(Br)ccc2O)cc(I)c1OCc1ccc(Br)cc1. The highest BCUT2D eigenvalue weighted by atomic mass is 127. The zero-order chi connectivity index (χ0) is 22.4. The van der Waals surface area contributed by atoms with Crippen molar-refractivity contribution in [2.24, 2.45) is 5.10 Å². The highest BCUT2D eigenvalue weighted by molar-refractivity contribution is 14.1. The molecule has 0 aliphatic rings. The number of benzene rings is 3. The highest BCUT2D eigenvalue weighted by Gasteiger charge is 2.13. The van der Waals surface area contributed by atoms with Crippen LogP contribution in [-0.4, -0.2) is 24.3 Å². The quantitative estimate of drug-likeness (QED) is 0.189. The number of ether oxygens (including phenoxy) is 2. The second kappa shape index (κ2) is 11.0. The van der Waals surface area contributed by atoms with Gasteiger partial charge in [-0.15, -0.1) is 0 Å². The van der Waals surface area contributed by atoms with Crippen LogP contribution in [0.1, 0.15) is 21.5 Å². The van der Waals surface area contributed by atoms with Crippen LogP contribution in [-0.2, 0) is 6.61 Å². The molecule has 6 nitrogen and oxygen atoms in total. The molecule has 2 N–H and O–H groups in total. The van der Waals surface area contributed by atoms with Crippen LogP contribution in [0.5, 0.6) is 17.2 Å². The summed E-state index contributed by atoms with van der Waals surface area (Å²) in [6.07, 6.45) is 1.50. The van der Waals surface area contributed by atoms with Crippen LogP contribution in [0.15, 0.2) is 68.6 Å². The number of nitrogens with one attached hydrogen (secondary N) is 1. The fourth-order valence-corrected chi connectivity index (χ4v) is 4.01. The van der Waals surface area contributed by atoms with Gasteiger partial charge in [0, 0.05) is 8.95 Å². The van der Waals surface area contributed by atoms with Crippen LogP contribution in [0, 0.1) is 3.57 Å². The highest BCUT2D eigenvalue weighted by Crippen LogP contribution is 2.34. The Bertz CT molecular complexity index is 1120. The number of hydrogen-bond acceptors (Lipinski definition) is 5. The van der Waals surface area contributed by atoms with Crippen molar-refractivity contribution in [1.82, 2.24) is 5.43 Å². The average molecular weight is 660 g/mol. The van der Waals surface area contributed by atoms with Crippen molar-refractivity contribution in [1.29, 1.82) is 0 Å². The molecule has 0 aliphatic carbocycles. The first kappa shape index (κ1) is 23.6. The summed E-state index contributed by atoms with van der Waals surface area (Å²) >= 11 is 8.86. The number of hydrogen-bond donors (Lipinski definition) is 2. The summed E-state index contributed by atoms with van der Waals surface area (Å²) in [5.74, 6) is 0.540. The van der Waals surface area contributed by atoms with Crippen molar-refractivity contribution in [2.75, 3.05) is 7.11 Å². The van der Waals surface area contributed by atoms with E-state index in [-0.39, 0.29) is 11.3 Å². The van der Waals surface area contributed by atoms with Gasteiger partial charge < -0.3 is 14.6 Å². The molecule has 0 spiro atoms. The Labute approximate surface area is 210 Å². The van der Waals surface area contributed by atoms with E-state index in [1.807, 2.05) is 30.3 Å². The lowest BCUT2D eigenvalue weighted by molar-refractivity contribution is 0.0952. The lowest BCUT2D eigenvalue weighted by Gasteiger charge is -2.13. The summed E-state index contributed by atoms with van der Waals surface area (Å²) in [5, 5.41) is 13.8. The number of phenolic OH excluding ortho intramolecular Hbond substituents is 1. The first-order chi connectivity index (χ1) is 14.9. The summed E-state index contributed by atoms with van der Waals surface area (Å²) in [6.45, 7) is 0.402. The molecular weight excluding hydrogens is 643 g/mol. The van der Waals surface area contributed by atoms with E-state index in [2.05, 4.69) is 65.0 Å². The van der Waals surface area contributed by atoms with Gasteiger partial charge in [-0.25, -0.2) is 5.43 Å². The number of amides is 1. The largest absolute Gasteiger partial charge is 0.507 e. The molecule has 0 heterocycles. The number of methoxy groups -OCH3 is 1. The molecule has 3 aromatic carbocycles. The van der Waals surface area contributed by atoms with E-state index in [9.17, 15) is 9.90 Å². The molecule has 31 heavy (non-hydrogen) atoms. The number of halogens is 3. The molecule has 3 rings (SSSR count). The maximum Gasteiger partial charge on any atom is 0.275 e. The van der Waals surface area contributed by atoms with Crippen molar-refractivity contribution in [3.8, 4) is 17.2 Å². The molecule has 0 aliphatic heterocycles. The van der Waals surface area contributed by atoms with Gasteiger partial charge in [-0.2, -0.15) is 5.10 Å².